The van der Waals surface area contributed by atoms with Gasteiger partial charge in [0, 0.05) is 19.4 Å². The van der Waals surface area contributed by atoms with Gasteiger partial charge in [0.05, 0.1) is 12.0 Å². The second-order valence-electron chi connectivity index (χ2n) is 5.80. The molecule has 0 aromatic heterocycles. The van der Waals surface area contributed by atoms with E-state index in [2.05, 4.69) is 0 Å². The average Bonchev–Trinajstić information content (AvgIpc) is 2.98. The van der Waals surface area contributed by atoms with Crippen LogP contribution in [0.2, 0.25) is 0 Å². The Kier molecular flexibility index (Phi) is 4.13. The van der Waals surface area contributed by atoms with Crippen LogP contribution in [0.25, 0.3) is 0 Å². The predicted octanol–water partition coefficient (Wildman–Crippen LogP) is 2.74. The normalized spacial score (nSPS) is 24.1. The third kappa shape index (κ3) is 2.84. The quantitative estimate of drug-likeness (QED) is 0.844. The molecule has 0 bridgehead atoms. The highest BCUT2D eigenvalue weighted by Crippen LogP contribution is 2.33. The van der Waals surface area contributed by atoms with Crippen LogP contribution in [0, 0.1) is 5.92 Å². The van der Waals surface area contributed by atoms with Crippen LogP contribution in [0.1, 0.15) is 24.8 Å². The van der Waals surface area contributed by atoms with Crippen molar-refractivity contribution in [1.29, 1.82) is 0 Å². The number of hydrogen-bond donors (Lipinski definition) is 0. The average molecular weight is 300 g/mol. The minimum Gasteiger partial charge on any atom is -0.444 e. The van der Waals surface area contributed by atoms with E-state index in [4.69, 9.17) is 4.74 Å². The van der Waals surface area contributed by atoms with Crippen LogP contribution in [0.3, 0.4) is 0 Å². The van der Waals surface area contributed by atoms with Crippen molar-refractivity contribution in [3.05, 3.63) is 48.3 Å². The third-order valence-corrected chi connectivity index (χ3v) is 4.37. The molecule has 0 saturated heterocycles. The lowest BCUT2D eigenvalue weighted by molar-refractivity contribution is -0.132. The SMILES string of the molecule is CN1C=CN(C(=O)OCc2ccccc2)[C@H]2CCC[C@H]2C1=O. The van der Waals surface area contributed by atoms with Gasteiger partial charge in [-0.1, -0.05) is 36.8 Å². The summed E-state index contributed by atoms with van der Waals surface area (Å²) in [7, 11) is 1.73. The lowest BCUT2D eigenvalue weighted by Crippen LogP contribution is -2.41. The Morgan fingerprint density at radius 1 is 1.23 bits per heavy atom. The Balaban J connectivity index is 1.70. The van der Waals surface area contributed by atoms with Crippen LogP contribution in [-0.4, -0.2) is 34.9 Å². The Morgan fingerprint density at radius 3 is 2.77 bits per heavy atom. The smallest absolute Gasteiger partial charge is 0.414 e. The Hall–Kier alpha value is -2.30. The molecule has 2 amide bonds. The van der Waals surface area contributed by atoms with E-state index in [1.807, 2.05) is 30.3 Å². The van der Waals surface area contributed by atoms with Gasteiger partial charge in [-0.05, 0) is 18.4 Å². The first-order valence-electron chi connectivity index (χ1n) is 7.61. The van der Waals surface area contributed by atoms with Gasteiger partial charge in [0.2, 0.25) is 5.91 Å². The topological polar surface area (TPSA) is 49.9 Å². The van der Waals surface area contributed by atoms with Crippen molar-refractivity contribution in [2.24, 2.45) is 5.92 Å². The maximum atomic E-state index is 12.4. The van der Waals surface area contributed by atoms with Gasteiger partial charge in [0.1, 0.15) is 6.61 Å². The molecule has 5 heteroatoms. The summed E-state index contributed by atoms with van der Waals surface area (Å²) >= 11 is 0. The molecule has 2 aliphatic rings. The molecule has 1 aliphatic carbocycles. The van der Waals surface area contributed by atoms with Gasteiger partial charge in [0.15, 0.2) is 0 Å². The summed E-state index contributed by atoms with van der Waals surface area (Å²) in [6.07, 6.45) is 5.56. The van der Waals surface area contributed by atoms with E-state index in [1.54, 1.807) is 29.2 Å². The molecule has 0 N–H and O–H groups in total. The van der Waals surface area contributed by atoms with E-state index in [0.29, 0.717) is 0 Å². The zero-order chi connectivity index (χ0) is 15.5. The van der Waals surface area contributed by atoms with Gasteiger partial charge >= 0.3 is 6.09 Å². The molecule has 0 spiro atoms. The summed E-state index contributed by atoms with van der Waals surface area (Å²) in [6, 6.07) is 9.50. The first kappa shape index (κ1) is 14.6. The number of rotatable bonds is 2. The molecule has 1 aromatic carbocycles. The molecule has 2 atom stereocenters. The lowest BCUT2D eigenvalue weighted by Gasteiger charge is -2.27. The summed E-state index contributed by atoms with van der Waals surface area (Å²) in [5.41, 5.74) is 0.950. The molecule has 1 heterocycles. The highest BCUT2D eigenvalue weighted by atomic mass is 16.6. The van der Waals surface area contributed by atoms with Crippen LogP contribution in [0.15, 0.2) is 42.7 Å². The fourth-order valence-electron chi connectivity index (χ4n) is 3.17. The number of amides is 2. The molecule has 1 saturated carbocycles. The molecule has 3 rings (SSSR count). The highest BCUT2D eigenvalue weighted by molar-refractivity contribution is 5.82. The Morgan fingerprint density at radius 2 is 2.00 bits per heavy atom. The monoisotopic (exact) mass is 300 g/mol. The molecule has 0 unspecified atom stereocenters. The highest BCUT2D eigenvalue weighted by Gasteiger charge is 2.41. The predicted molar refractivity (Wildman–Crippen MR) is 81.5 cm³/mol. The zero-order valence-electron chi connectivity index (χ0n) is 12.6. The van der Waals surface area contributed by atoms with Crippen molar-refractivity contribution < 1.29 is 14.3 Å². The Labute approximate surface area is 130 Å². The maximum Gasteiger partial charge on any atom is 0.414 e. The van der Waals surface area contributed by atoms with Crippen molar-refractivity contribution >= 4 is 12.0 Å². The summed E-state index contributed by atoms with van der Waals surface area (Å²) in [4.78, 5) is 27.8. The summed E-state index contributed by atoms with van der Waals surface area (Å²) in [5, 5.41) is 0. The van der Waals surface area contributed by atoms with Crippen molar-refractivity contribution in [3.63, 3.8) is 0 Å². The first-order chi connectivity index (χ1) is 10.7. The van der Waals surface area contributed by atoms with Crippen molar-refractivity contribution in [3.8, 4) is 0 Å². The van der Waals surface area contributed by atoms with E-state index in [9.17, 15) is 9.59 Å². The number of carbonyl (C=O) groups is 2. The Bertz CT molecular complexity index is 585. The zero-order valence-corrected chi connectivity index (χ0v) is 12.6. The van der Waals surface area contributed by atoms with E-state index < -0.39 is 0 Å². The van der Waals surface area contributed by atoms with Crippen LogP contribution in [-0.2, 0) is 16.1 Å². The van der Waals surface area contributed by atoms with Crippen LogP contribution < -0.4 is 0 Å². The third-order valence-electron chi connectivity index (χ3n) is 4.37. The molecule has 5 nitrogen and oxygen atoms in total. The number of fused-ring (bicyclic) bond motifs is 1. The number of hydrogen-bond acceptors (Lipinski definition) is 3. The van der Waals surface area contributed by atoms with Gasteiger partial charge in [-0.3, -0.25) is 9.69 Å². The molecule has 1 aliphatic heterocycles. The van der Waals surface area contributed by atoms with E-state index in [1.165, 1.54) is 0 Å². The number of ether oxygens (including phenoxy) is 1. The van der Waals surface area contributed by atoms with E-state index in [0.717, 1.165) is 24.8 Å². The lowest BCUT2D eigenvalue weighted by atomic mass is 10.0. The van der Waals surface area contributed by atoms with Crippen LogP contribution in [0.4, 0.5) is 4.79 Å². The minimum atomic E-state index is -0.389. The largest absolute Gasteiger partial charge is 0.444 e. The number of benzene rings is 1. The second kappa shape index (κ2) is 6.22. The summed E-state index contributed by atoms with van der Waals surface area (Å²) in [6.45, 7) is 0.241. The van der Waals surface area contributed by atoms with E-state index in [-0.39, 0.29) is 30.6 Å². The fourth-order valence-corrected chi connectivity index (χ4v) is 3.17. The van der Waals surface area contributed by atoms with Crippen LogP contribution in [0.5, 0.6) is 0 Å². The molecule has 1 aromatic rings. The molecule has 1 fully saturated rings. The van der Waals surface area contributed by atoms with Gasteiger partial charge < -0.3 is 9.64 Å². The van der Waals surface area contributed by atoms with Gasteiger partial charge in [-0.25, -0.2) is 4.79 Å². The van der Waals surface area contributed by atoms with Gasteiger partial charge in [-0.15, -0.1) is 0 Å². The van der Waals surface area contributed by atoms with Gasteiger partial charge in [0.25, 0.3) is 0 Å². The van der Waals surface area contributed by atoms with Crippen molar-refractivity contribution in [1.82, 2.24) is 9.80 Å². The van der Waals surface area contributed by atoms with Crippen molar-refractivity contribution in [2.45, 2.75) is 31.9 Å². The maximum absolute atomic E-state index is 12.4. The summed E-state index contributed by atoms with van der Waals surface area (Å²) in [5.74, 6) is -0.0404. The molecule has 0 radical (unpaired) electrons. The van der Waals surface area contributed by atoms with Crippen molar-refractivity contribution in [2.75, 3.05) is 7.05 Å². The van der Waals surface area contributed by atoms with E-state index >= 15 is 0 Å². The fraction of sp³-hybridized carbons (Fsp3) is 0.412. The molecule has 116 valence electrons. The van der Waals surface area contributed by atoms with Crippen LogP contribution >= 0.6 is 0 Å². The second-order valence-corrected chi connectivity index (χ2v) is 5.80. The van der Waals surface area contributed by atoms with Gasteiger partial charge in [-0.2, -0.15) is 0 Å². The standard InChI is InChI=1S/C17H20N2O3/c1-18-10-11-19(15-9-5-8-14(15)16(18)20)17(21)22-12-13-6-3-2-4-7-13/h2-4,6-7,10-11,14-15H,5,8-9,12H2,1H3/t14-,15+/m1/s1. The number of carbonyl (C=O) groups excluding carboxylic acids is 2. The molecular formula is C17H20N2O3. The molecular weight excluding hydrogens is 280 g/mol. The number of nitrogens with zero attached hydrogens (tertiary/aromatic N) is 2. The first-order valence-corrected chi connectivity index (χ1v) is 7.61. The molecule has 22 heavy (non-hydrogen) atoms. The summed E-state index contributed by atoms with van der Waals surface area (Å²) < 4.78 is 5.41. The minimum absolute atomic E-state index is 0.0807.